The molecule has 0 saturated carbocycles. The number of hydrogen-bond acceptors (Lipinski definition) is 5. The number of fused-ring (bicyclic) bond motifs is 3. The molecule has 1 heterocycles. The topological polar surface area (TPSA) is 69.7 Å². The van der Waals surface area contributed by atoms with Gasteiger partial charge in [0, 0.05) is 29.4 Å². The van der Waals surface area contributed by atoms with Gasteiger partial charge in [-0.2, -0.15) is 0 Å². The highest BCUT2D eigenvalue weighted by Gasteiger charge is 2.55. The van der Waals surface area contributed by atoms with Crippen LogP contribution >= 0.6 is 0 Å². The van der Waals surface area contributed by atoms with Crippen molar-refractivity contribution in [2.24, 2.45) is 17.8 Å². The third-order valence-electron chi connectivity index (χ3n) is 5.74. The molecule has 0 aromatic heterocycles. The van der Waals surface area contributed by atoms with Crippen LogP contribution in [0.15, 0.2) is 34.4 Å². The van der Waals surface area contributed by atoms with E-state index in [2.05, 4.69) is 0 Å². The summed E-state index contributed by atoms with van der Waals surface area (Å²) >= 11 is 0. The van der Waals surface area contributed by atoms with Crippen LogP contribution < -0.4 is 0 Å². The van der Waals surface area contributed by atoms with Gasteiger partial charge in [-0.15, -0.1) is 0 Å². The number of carbonyl (C=O) groups is 3. The summed E-state index contributed by atoms with van der Waals surface area (Å²) in [5, 5.41) is 0. The lowest BCUT2D eigenvalue weighted by Crippen LogP contribution is -2.38. The van der Waals surface area contributed by atoms with Gasteiger partial charge < -0.3 is 9.47 Å². The fraction of sp³-hybridized carbons (Fsp3) is 0.550. The first-order chi connectivity index (χ1) is 11.8. The van der Waals surface area contributed by atoms with Crippen LogP contribution in [-0.2, 0) is 23.9 Å². The highest BCUT2D eigenvalue weighted by atomic mass is 16.6. The Kier molecular flexibility index (Phi) is 4.43. The zero-order valence-corrected chi connectivity index (χ0v) is 15.3. The van der Waals surface area contributed by atoms with E-state index in [0.29, 0.717) is 17.6 Å². The van der Waals surface area contributed by atoms with Gasteiger partial charge in [0.1, 0.15) is 12.2 Å². The molecule has 0 unspecified atom stereocenters. The molecule has 1 aliphatic heterocycles. The van der Waals surface area contributed by atoms with E-state index in [1.165, 1.54) is 0 Å². The van der Waals surface area contributed by atoms with Gasteiger partial charge in [-0.3, -0.25) is 9.59 Å². The quantitative estimate of drug-likeness (QED) is 0.569. The molecule has 5 nitrogen and oxygen atoms in total. The number of ketones is 1. The van der Waals surface area contributed by atoms with Gasteiger partial charge in [0.15, 0.2) is 5.78 Å². The molecule has 5 atom stereocenters. The summed E-state index contributed by atoms with van der Waals surface area (Å²) in [6.07, 6.45) is 2.85. The Balaban J connectivity index is 2.02. The van der Waals surface area contributed by atoms with Crippen molar-refractivity contribution in [2.75, 3.05) is 0 Å². The van der Waals surface area contributed by atoms with Crippen LogP contribution in [0.4, 0.5) is 0 Å². The molecule has 0 aromatic carbocycles. The molecule has 0 N–H and O–H groups in total. The van der Waals surface area contributed by atoms with E-state index in [1.54, 1.807) is 26.0 Å². The van der Waals surface area contributed by atoms with Crippen LogP contribution in [0.1, 0.15) is 41.0 Å². The van der Waals surface area contributed by atoms with Crippen LogP contribution in [0.25, 0.3) is 0 Å². The monoisotopic (exact) mass is 344 g/mol. The first kappa shape index (κ1) is 17.6. The fourth-order valence-corrected chi connectivity index (χ4v) is 4.26. The van der Waals surface area contributed by atoms with Crippen molar-refractivity contribution in [1.82, 2.24) is 0 Å². The Labute approximate surface area is 147 Å². The van der Waals surface area contributed by atoms with Crippen LogP contribution in [0.5, 0.6) is 0 Å². The number of esters is 2. The van der Waals surface area contributed by atoms with Crippen molar-refractivity contribution < 1.29 is 23.9 Å². The number of carbonyl (C=O) groups excluding carboxylic acids is 3. The van der Waals surface area contributed by atoms with Gasteiger partial charge >= 0.3 is 11.9 Å². The Morgan fingerprint density at radius 2 is 2.00 bits per heavy atom. The SMILES string of the molecule is C/C=C(/C)C(=O)O[C@@H]1CC(C)=C2C(=O)C=C(C)[C@H]2[C@@H]2OC(=O)[C@H](C)[C@@H]21. The van der Waals surface area contributed by atoms with Crippen molar-refractivity contribution in [1.29, 1.82) is 0 Å². The summed E-state index contributed by atoms with van der Waals surface area (Å²) in [6.45, 7) is 9.09. The Morgan fingerprint density at radius 1 is 1.32 bits per heavy atom. The third kappa shape index (κ3) is 2.75. The average molecular weight is 344 g/mol. The van der Waals surface area contributed by atoms with Crippen LogP contribution in [0.3, 0.4) is 0 Å². The van der Waals surface area contributed by atoms with Gasteiger partial charge in [0.2, 0.25) is 0 Å². The Bertz CT molecular complexity index is 739. The number of hydrogen-bond donors (Lipinski definition) is 0. The van der Waals surface area contributed by atoms with Crippen LogP contribution in [0.2, 0.25) is 0 Å². The number of rotatable bonds is 2. The Morgan fingerprint density at radius 3 is 2.64 bits per heavy atom. The van der Waals surface area contributed by atoms with Crippen molar-refractivity contribution in [3.8, 4) is 0 Å². The molecule has 3 rings (SSSR count). The second-order valence-corrected chi connectivity index (χ2v) is 7.31. The molecule has 134 valence electrons. The van der Waals surface area contributed by atoms with Gasteiger partial charge in [-0.1, -0.05) is 24.1 Å². The van der Waals surface area contributed by atoms with Crippen molar-refractivity contribution in [3.05, 3.63) is 34.4 Å². The minimum Gasteiger partial charge on any atom is -0.461 e. The second-order valence-electron chi connectivity index (χ2n) is 7.31. The molecule has 1 fully saturated rings. The molecule has 3 aliphatic rings. The van der Waals surface area contributed by atoms with Crippen molar-refractivity contribution in [2.45, 2.75) is 53.2 Å². The lowest BCUT2D eigenvalue weighted by atomic mass is 9.79. The molecule has 1 saturated heterocycles. The molecule has 2 aliphatic carbocycles. The van der Waals surface area contributed by atoms with E-state index in [0.717, 1.165) is 11.1 Å². The normalized spacial score (nSPS) is 35.0. The maximum Gasteiger partial charge on any atom is 0.333 e. The summed E-state index contributed by atoms with van der Waals surface area (Å²) < 4.78 is 11.4. The van der Waals surface area contributed by atoms with Crippen molar-refractivity contribution >= 4 is 17.7 Å². The largest absolute Gasteiger partial charge is 0.461 e. The molecule has 25 heavy (non-hydrogen) atoms. The molecule has 5 heteroatoms. The minimum absolute atomic E-state index is 0.0223. The second kappa shape index (κ2) is 6.28. The predicted octanol–water partition coefficient (Wildman–Crippen LogP) is 2.91. The smallest absolute Gasteiger partial charge is 0.333 e. The first-order valence-corrected chi connectivity index (χ1v) is 8.72. The molecule has 0 radical (unpaired) electrons. The maximum absolute atomic E-state index is 12.4. The summed E-state index contributed by atoms with van der Waals surface area (Å²) in [6, 6.07) is 0. The summed E-state index contributed by atoms with van der Waals surface area (Å²) in [7, 11) is 0. The standard InChI is InChI=1S/C20H24O5/c1-6-9(2)19(22)24-14-8-11(4)15-13(21)7-10(3)16(15)18-17(14)12(5)20(23)25-18/h6-7,12,14,16-18H,8H2,1-5H3/b9-6-/t12-,14-,16-,17-,18+/m1/s1. The van der Waals surface area contributed by atoms with E-state index < -0.39 is 12.2 Å². The highest BCUT2D eigenvalue weighted by molar-refractivity contribution is 6.09. The number of ether oxygens (including phenoxy) is 2. The number of allylic oxidation sites excluding steroid dienone is 2. The van der Waals surface area contributed by atoms with E-state index >= 15 is 0 Å². The van der Waals surface area contributed by atoms with E-state index in [1.807, 2.05) is 20.8 Å². The highest BCUT2D eigenvalue weighted by Crippen LogP contribution is 2.48. The molecule has 0 aromatic rings. The zero-order valence-electron chi connectivity index (χ0n) is 15.3. The van der Waals surface area contributed by atoms with E-state index in [4.69, 9.17) is 9.47 Å². The van der Waals surface area contributed by atoms with E-state index in [9.17, 15) is 14.4 Å². The van der Waals surface area contributed by atoms with Gasteiger partial charge in [-0.05, 0) is 33.8 Å². The Hall–Kier alpha value is -2.17. The minimum atomic E-state index is -0.479. The van der Waals surface area contributed by atoms with Crippen LogP contribution in [-0.4, -0.2) is 29.9 Å². The molecular formula is C20H24O5. The predicted molar refractivity (Wildman–Crippen MR) is 91.4 cm³/mol. The lowest BCUT2D eigenvalue weighted by molar-refractivity contribution is -0.148. The molecule has 0 spiro atoms. The average Bonchev–Trinajstić information content (AvgIpc) is 2.96. The molecule has 0 amide bonds. The molecule has 0 bridgehead atoms. The summed E-state index contributed by atoms with van der Waals surface area (Å²) in [5.41, 5.74) is 3.05. The van der Waals surface area contributed by atoms with Crippen molar-refractivity contribution in [3.63, 3.8) is 0 Å². The third-order valence-corrected chi connectivity index (χ3v) is 5.74. The molecular weight excluding hydrogens is 320 g/mol. The van der Waals surface area contributed by atoms with Gasteiger partial charge in [0.05, 0.1) is 5.92 Å². The van der Waals surface area contributed by atoms with Gasteiger partial charge in [-0.25, -0.2) is 4.79 Å². The van der Waals surface area contributed by atoms with Gasteiger partial charge in [0.25, 0.3) is 0 Å². The zero-order chi connectivity index (χ0) is 18.5. The fourth-order valence-electron chi connectivity index (χ4n) is 4.26. The lowest BCUT2D eigenvalue weighted by Gasteiger charge is -2.29. The van der Waals surface area contributed by atoms with Crippen LogP contribution in [0, 0.1) is 17.8 Å². The van der Waals surface area contributed by atoms with E-state index in [-0.39, 0.29) is 35.5 Å². The summed E-state index contributed by atoms with van der Waals surface area (Å²) in [4.78, 5) is 37.0. The maximum atomic E-state index is 12.4. The first-order valence-electron chi connectivity index (χ1n) is 8.72. The summed E-state index contributed by atoms with van der Waals surface area (Å²) in [5.74, 6) is -1.55.